The zero-order valence-corrected chi connectivity index (χ0v) is 8.67. The summed E-state index contributed by atoms with van der Waals surface area (Å²) in [6.45, 7) is 6.93. The van der Waals surface area contributed by atoms with Crippen LogP contribution in [0.2, 0.25) is 0 Å². The third kappa shape index (κ3) is 24.9. The van der Waals surface area contributed by atoms with E-state index >= 15 is 0 Å². The van der Waals surface area contributed by atoms with Crippen LogP contribution in [-0.2, 0) is 9.53 Å². The van der Waals surface area contributed by atoms with Crippen molar-refractivity contribution >= 4 is 12.1 Å². The molecule has 78 valence electrons. The van der Waals surface area contributed by atoms with Gasteiger partial charge in [0.25, 0.3) is 0 Å². The van der Waals surface area contributed by atoms with E-state index in [2.05, 4.69) is 0 Å². The number of carboxylic acid groups (broad SMARTS) is 1. The van der Waals surface area contributed by atoms with Crippen LogP contribution in [0.4, 0.5) is 4.79 Å². The fourth-order valence-electron chi connectivity index (χ4n) is 0.431. The van der Waals surface area contributed by atoms with Crippen LogP contribution in [0.1, 0.15) is 27.7 Å². The number of hydrogen-bond acceptors (Lipinski definition) is 3. The molecule has 0 aromatic carbocycles. The smallest absolute Gasteiger partial charge is 0.404 e. The first-order valence-corrected chi connectivity index (χ1v) is 3.79. The maximum Gasteiger partial charge on any atom is 0.404 e. The molecule has 0 bridgehead atoms. The highest BCUT2D eigenvalue weighted by atomic mass is 16.6. The number of hydrogen-bond donors (Lipinski definition) is 2. The topological polar surface area (TPSA) is 75.6 Å². The maximum absolute atomic E-state index is 10.2. The molecule has 0 rings (SSSR count). The van der Waals surface area contributed by atoms with E-state index < -0.39 is 6.09 Å². The van der Waals surface area contributed by atoms with Crippen LogP contribution in [0, 0.1) is 0 Å². The Morgan fingerprint density at radius 1 is 1.31 bits per heavy atom. The monoisotopic (exact) mass is 191 g/mol. The number of nitrogens with one attached hydrogen (secondary N) is 1. The first-order chi connectivity index (χ1) is 5.69. The second kappa shape index (κ2) is 6.28. The highest BCUT2D eigenvalue weighted by Crippen LogP contribution is 2.05. The van der Waals surface area contributed by atoms with E-state index in [0.717, 1.165) is 0 Å². The number of rotatable bonds is 0. The molecule has 0 atom stereocenters. The molecule has 2 N–H and O–H groups in total. The average molecular weight is 191 g/mol. The molecule has 0 saturated carbocycles. The summed E-state index contributed by atoms with van der Waals surface area (Å²) < 4.78 is 4.80. The number of amides is 1. The molecule has 0 aromatic rings. The summed E-state index contributed by atoms with van der Waals surface area (Å²) in [7, 11) is 1.35. The van der Waals surface area contributed by atoms with Gasteiger partial charge in [0.15, 0.2) is 0 Å². The quantitative estimate of drug-likeness (QED) is 0.565. The lowest BCUT2D eigenvalue weighted by Gasteiger charge is -2.17. The Balaban J connectivity index is 0. The molecule has 5 heteroatoms. The van der Waals surface area contributed by atoms with Crippen LogP contribution in [0.25, 0.3) is 0 Å². The molecule has 0 radical (unpaired) electrons. The summed E-state index contributed by atoms with van der Waals surface area (Å²) in [4.78, 5) is 19.5. The Kier molecular flexibility index (Phi) is 6.89. The predicted molar refractivity (Wildman–Crippen MR) is 48.6 cm³/mol. The van der Waals surface area contributed by atoms with Crippen molar-refractivity contribution in [2.24, 2.45) is 0 Å². The molecule has 0 aromatic heterocycles. The minimum atomic E-state index is -0.995. The summed E-state index contributed by atoms with van der Waals surface area (Å²) in [6.07, 6.45) is -0.995. The van der Waals surface area contributed by atoms with Crippen LogP contribution in [0.3, 0.4) is 0 Å². The van der Waals surface area contributed by atoms with Gasteiger partial charge in [-0.05, 0) is 20.8 Å². The standard InChI is InChI=1S/C6H12O2.C2H5NO2/c1-5(7)8-6(2,3)4;1-3-2(4)5/h1-4H3;3H,1H3,(H,4,5). The molecule has 0 aliphatic rings. The molecule has 0 spiro atoms. The molecule has 0 aliphatic carbocycles. The Morgan fingerprint density at radius 2 is 1.62 bits per heavy atom. The molecule has 0 saturated heterocycles. The average Bonchev–Trinajstić information content (AvgIpc) is 1.83. The zero-order valence-electron chi connectivity index (χ0n) is 8.67. The molecular formula is C8H17NO4. The van der Waals surface area contributed by atoms with Gasteiger partial charge in [0, 0.05) is 14.0 Å². The third-order valence-corrected chi connectivity index (χ3v) is 0.664. The summed E-state index contributed by atoms with van der Waals surface area (Å²) in [5.74, 6) is -0.225. The van der Waals surface area contributed by atoms with Crippen LogP contribution < -0.4 is 5.32 Å². The van der Waals surface area contributed by atoms with Gasteiger partial charge in [-0.25, -0.2) is 4.79 Å². The lowest BCUT2D eigenvalue weighted by molar-refractivity contribution is -0.151. The molecule has 5 nitrogen and oxygen atoms in total. The van der Waals surface area contributed by atoms with Crippen molar-refractivity contribution < 1.29 is 19.4 Å². The minimum Gasteiger partial charge on any atom is -0.465 e. The molecule has 1 amide bonds. The summed E-state index contributed by atoms with van der Waals surface area (Å²) in [6, 6.07) is 0. The molecule has 0 unspecified atom stereocenters. The largest absolute Gasteiger partial charge is 0.465 e. The van der Waals surface area contributed by atoms with E-state index in [1.807, 2.05) is 26.1 Å². The van der Waals surface area contributed by atoms with Gasteiger partial charge in [0.05, 0.1) is 0 Å². The number of carbonyl (C=O) groups is 2. The first-order valence-electron chi connectivity index (χ1n) is 3.79. The van der Waals surface area contributed by atoms with Crippen molar-refractivity contribution in [1.82, 2.24) is 5.32 Å². The van der Waals surface area contributed by atoms with Crippen LogP contribution >= 0.6 is 0 Å². The van der Waals surface area contributed by atoms with Crippen molar-refractivity contribution in [3.05, 3.63) is 0 Å². The molecule has 13 heavy (non-hydrogen) atoms. The third-order valence-electron chi connectivity index (χ3n) is 0.664. The fraction of sp³-hybridized carbons (Fsp3) is 0.750. The summed E-state index contributed by atoms with van der Waals surface area (Å²) in [5, 5.41) is 9.56. The van der Waals surface area contributed by atoms with Crippen LogP contribution in [-0.4, -0.2) is 29.8 Å². The first kappa shape index (κ1) is 14.3. The van der Waals surface area contributed by atoms with E-state index in [1.54, 1.807) is 0 Å². The van der Waals surface area contributed by atoms with Crippen LogP contribution in [0.5, 0.6) is 0 Å². The lowest BCUT2D eigenvalue weighted by atomic mass is 10.2. The Morgan fingerprint density at radius 3 is 1.62 bits per heavy atom. The van der Waals surface area contributed by atoms with Gasteiger partial charge in [-0.15, -0.1) is 0 Å². The highest BCUT2D eigenvalue weighted by molar-refractivity contribution is 5.66. The number of carbonyl (C=O) groups excluding carboxylic acids is 1. The normalized spacial score (nSPS) is 9.31. The van der Waals surface area contributed by atoms with Crippen molar-refractivity contribution in [1.29, 1.82) is 0 Å². The Hall–Kier alpha value is -1.26. The number of ether oxygens (including phenoxy) is 1. The van der Waals surface area contributed by atoms with Crippen molar-refractivity contribution in [2.45, 2.75) is 33.3 Å². The predicted octanol–water partition coefficient (Wildman–Crippen LogP) is 1.23. The highest BCUT2D eigenvalue weighted by Gasteiger charge is 2.11. The summed E-state index contributed by atoms with van der Waals surface area (Å²) in [5.41, 5.74) is -0.328. The van der Waals surface area contributed by atoms with Gasteiger partial charge in [0.2, 0.25) is 0 Å². The Bertz CT molecular complexity index is 171. The van der Waals surface area contributed by atoms with Crippen molar-refractivity contribution in [3.63, 3.8) is 0 Å². The van der Waals surface area contributed by atoms with Gasteiger partial charge in [-0.1, -0.05) is 0 Å². The van der Waals surface area contributed by atoms with E-state index in [9.17, 15) is 9.59 Å². The van der Waals surface area contributed by atoms with Crippen molar-refractivity contribution in [3.8, 4) is 0 Å². The van der Waals surface area contributed by atoms with Crippen LogP contribution in [0.15, 0.2) is 0 Å². The lowest BCUT2D eigenvalue weighted by Crippen LogP contribution is -2.21. The zero-order chi connectivity index (χ0) is 11.1. The molecule has 0 heterocycles. The van der Waals surface area contributed by atoms with E-state index in [0.29, 0.717) is 0 Å². The minimum absolute atomic E-state index is 0.225. The van der Waals surface area contributed by atoms with Crippen molar-refractivity contribution in [2.75, 3.05) is 7.05 Å². The van der Waals surface area contributed by atoms with Gasteiger partial charge in [-0.3, -0.25) is 4.79 Å². The second-order valence-electron chi connectivity index (χ2n) is 3.26. The molecular weight excluding hydrogens is 174 g/mol. The van der Waals surface area contributed by atoms with E-state index in [1.165, 1.54) is 14.0 Å². The van der Waals surface area contributed by atoms with Gasteiger partial charge in [0.1, 0.15) is 5.60 Å². The van der Waals surface area contributed by atoms with E-state index in [-0.39, 0.29) is 11.6 Å². The van der Waals surface area contributed by atoms with Gasteiger partial charge < -0.3 is 15.2 Å². The molecule has 0 aliphatic heterocycles. The fourth-order valence-corrected chi connectivity index (χ4v) is 0.431. The maximum atomic E-state index is 10.2. The summed E-state index contributed by atoms with van der Waals surface area (Å²) >= 11 is 0. The van der Waals surface area contributed by atoms with E-state index in [4.69, 9.17) is 9.84 Å². The molecule has 0 fully saturated rings. The second-order valence-corrected chi connectivity index (χ2v) is 3.26. The SMILES string of the molecule is CC(=O)OC(C)(C)C.CNC(=O)O. The van der Waals surface area contributed by atoms with Gasteiger partial charge >= 0.3 is 12.1 Å². The Labute approximate surface area is 78.1 Å². The number of esters is 1. The van der Waals surface area contributed by atoms with Gasteiger partial charge in [-0.2, -0.15) is 0 Å².